The number of carbonyl (C=O) groups excluding carboxylic acids is 2. The summed E-state index contributed by atoms with van der Waals surface area (Å²) >= 11 is 3.58. The third-order valence-electron chi connectivity index (χ3n) is 4.21. The van der Waals surface area contributed by atoms with Gasteiger partial charge in [0.05, 0.1) is 11.4 Å². The maximum absolute atomic E-state index is 12.4. The summed E-state index contributed by atoms with van der Waals surface area (Å²) in [4.78, 5) is 24.6. The largest absolute Gasteiger partial charge is 0.422 e. The lowest BCUT2D eigenvalue weighted by Gasteiger charge is -2.18. The fourth-order valence-electron chi connectivity index (χ4n) is 2.95. The van der Waals surface area contributed by atoms with Crippen molar-refractivity contribution in [1.82, 2.24) is 0 Å². The van der Waals surface area contributed by atoms with Gasteiger partial charge in [-0.3, -0.25) is 14.1 Å². The molecule has 2 aromatic carbocycles. The van der Waals surface area contributed by atoms with E-state index in [1.807, 2.05) is 0 Å². The minimum atomic E-state index is -2.42. The fraction of sp³-hybridized carbons (Fsp3) is 0.158. The molecule has 0 aromatic heterocycles. The highest BCUT2D eigenvalue weighted by molar-refractivity contribution is 7.80. The van der Waals surface area contributed by atoms with Gasteiger partial charge in [0, 0.05) is 16.3 Å². The molecule has 3 rings (SSSR count). The molecule has 1 amide bonds. The zero-order valence-corrected chi connectivity index (χ0v) is 16.7. The van der Waals surface area contributed by atoms with Crippen molar-refractivity contribution < 1.29 is 23.1 Å². The molecule has 10 heteroatoms. The Bertz CT molecular complexity index is 1020. The number of esters is 1. The van der Waals surface area contributed by atoms with Crippen molar-refractivity contribution in [2.75, 3.05) is 10.0 Å². The molecule has 2 aromatic rings. The summed E-state index contributed by atoms with van der Waals surface area (Å²) in [6, 6.07) is 9.36. The number of nitrogens with one attached hydrogen (secondary N) is 2. The summed E-state index contributed by atoms with van der Waals surface area (Å²) in [7, 11) is 0. The number of ether oxygens (including phenoxy) is 1. The Hall–Kier alpha value is -2.88. The van der Waals surface area contributed by atoms with Crippen LogP contribution in [0.1, 0.15) is 29.6 Å². The lowest BCUT2D eigenvalue weighted by Crippen LogP contribution is -2.19. The number of primary amides is 1. The molecule has 0 saturated heterocycles. The first kappa shape index (κ1) is 20.8. The lowest BCUT2D eigenvalue weighted by molar-refractivity contribution is -0.130. The van der Waals surface area contributed by atoms with Crippen LogP contribution in [0.4, 0.5) is 17.1 Å². The van der Waals surface area contributed by atoms with E-state index in [4.69, 9.17) is 22.1 Å². The smallest absolute Gasteiger partial charge is 0.339 e. The Balaban J connectivity index is 2.06. The van der Waals surface area contributed by atoms with Gasteiger partial charge in [0.15, 0.2) is 0 Å². The second kappa shape index (κ2) is 9.08. The number of anilines is 3. The first-order valence-electron chi connectivity index (χ1n) is 8.63. The number of benzene rings is 2. The maximum Gasteiger partial charge on any atom is 0.339 e. The highest BCUT2D eigenvalue weighted by atomic mass is 35.5. The number of nitrogens with two attached hydrogens (primary N) is 1. The molecule has 152 valence electrons. The average Bonchev–Trinajstić information content (AvgIpc) is 3.18. The van der Waals surface area contributed by atoms with Crippen LogP contribution in [0.5, 0.6) is 5.75 Å². The Kier molecular flexibility index (Phi) is 6.53. The molecule has 0 heterocycles. The van der Waals surface area contributed by atoms with Crippen LogP contribution in [0, 0.1) is 0 Å². The van der Waals surface area contributed by atoms with Crippen molar-refractivity contribution >= 4 is 51.8 Å². The predicted octanol–water partition coefficient (Wildman–Crippen LogP) is 3.75. The van der Waals surface area contributed by atoms with Gasteiger partial charge in [-0.25, -0.2) is 9.00 Å². The molecular weight excluding hydrogens is 418 g/mol. The number of halogens is 1. The first-order valence-corrected chi connectivity index (χ1v) is 10.1. The van der Waals surface area contributed by atoms with Gasteiger partial charge in [-0.15, -0.1) is 0 Å². The molecule has 5 N–H and O–H groups in total. The average molecular weight is 436 g/mol. The Morgan fingerprint density at radius 2 is 2.03 bits per heavy atom. The van der Waals surface area contributed by atoms with Crippen LogP contribution in [0.2, 0.25) is 5.02 Å². The SMILES string of the molecule is NC(=O)c1c(OC(=O)C2=CCCC2)ccc(NS(=O)O)c1Nc1cccc(Cl)c1. The van der Waals surface area contributed by atoms with Gasteiger partial charge in [-0.2, -0.15) is 0 Å². The molecule has 0 aliphatic heterocycles. The van der Waals surface area contributed by atoms with Crippen molar-refractivity contribution in [2.45, 2.75) is 19.3 Å². The highest BCUT2D eigenvalue weighted by Gasteiger charge is 2.24. The monoisotopic (exact) mass is 435 g/mol. The van der Waals surface area contributed by atoms with Crippen LogP contribution in [0.15, 0.2) is 48.0 Å². The van der Waals surface area contributed by atoms with E-state index in [1.165, 1.54) is 12.1 Å². The van der Waals surface area contributed by atoms with Crippen molar-refractivity contribution in [3.63, 3.8) is 0 Å². The van der Waals surface area contributed by atoms with Crippen LogP contribution < -0.4 is 20.5 Å². The van der Waals surface area contributed by atoms with Crippen LogP contribution >= 0.6 is 11.6 Å². The fourth-order valence-corrected chi connectivity index (χ4v) is 3.50. The molecule has 1 aliphatic rings. The summed E-state index contributed by atoms with van der Waals surface area (Å²) < 4.78 is 28.2. The molecule has 0 radical (unpaired) electrons. The highest BCUT2D eigenvalue weighted by Crippen LogP contribution is 2.37. The third kappa shape index (κ3) is 5.14. The van der Waals surface area contributed by atoms with Crippen LogP contribution in [0.3, 0.4) is 0 Å². The quantitative estimate of drug-likeness (QED) is 0.297. The number of hydrogen-bond acceptors (Lipinski definition) is 5. The molecular formula is C19H18ClN3O5S. The zero-order valence-electron chi connectivity index (χ0n) is 15.1. The number of rotatable bonds is 7. The zero-order chi connectivity index (χ0) is 21.0. The Labute approximate surface area is 174 Å². The van der Waals surface area contributed by atoms with Gasteiger partial charge in [0.1, 0.15) is 11.3 Å². The minimum Gasteiger partial charge on any atom is -0.422 e. The van der Waals surface area contributed by atoms with E-state index in [1.54, 1.807) is 30.3 Å². The van der Waals surface area contributed by atoms with E-state index in [9.17, 15) is 18.4 Å². The van der Waals surface area contributed by atoms with Crippen LogP contribution in [-0.2, 0) is 16.1 Å². The number of carbonyl (C=O) groups is 2. The summed E-state index contributed by atoms with van der Waals surface area (Å²) in [5.41, 5.74) is 6.62. The van der Waals surface area contributed by atoms with E-state index >= 15 is 0 Å². The van der Waals surface area contributed by atoms with Crippen molar-refractivity contribution in [3.05, 3.63) is 58.6 Å². The normalized spacial score (nSPS) is 14.1. The molecule has 1 atom stereocenters. The summed E-state index contributed by atoms with van der Waals surface area (Å²) in [6.07, 6.45) is 4.05. The molecule has 0 spiro atoms. The van der Waals surface area contributed by atoms with E-state index in [0.29, 0.717) is 22.7 Å². The van der Waals surface area contributed by atoms with Gasteiger partial charge < -0.3 is 15.8 Å². The molecule has 1 unspecified atom stereocenters. The lowest BCUT2D eigenvalue weighted by atomic mass is 10.1. The Morgan fingerprint density at radius 3 is 2.66 bits per heavy atom. The van der Waals surface area contributed by atoms with Gasteiger partial charge in [-0.1, -0.05) is 23.7 Å². The van der Waals surface area contributed by atoms with Gasteiger partial charge in [0.2, 0.25) is 0 Å². The molecule has 29 heavy (non-hydrogen) atoms. The summed E-state index contributed by atoms with van der Waals surface area (Å²) in [5, 5.41) is 3.39. The van der Waals surface area contributed by atoms with Crippen molar-refractivity contribution in [3.8, 4) is 5.75 Å². The molecule has 0 saturated carbocycles. The van der Waals surface area contributed by atoms with Gasteiger partial charge in [-0.05, 0) is 49.6 Å². The predicted molar refractivity (Wildman–Crippen MR) is 112 cm³/mol. The van der Waals surface area contributed by atoms with E-state index < -0.39 is 23.1 Å². The molecule has 1 aliphatic carbocycles. The van der Waals surface area contributed by atoms with Crippen LogP contribution in [0.25, 0.3) is 0 Å². The van der Waals surface area contributed by atoms with Crippen molar-refractivity contribution in [2.24, 2.45) is 5.73 Å². The minimum absolute atomic E-state index is 0.0610. The first-order chi connectivity index (χ1) is 13.8. The van der Waals surface area contributed by atoms with E-state index in [0.717, 1.165) is 12.8 Å². The van der Waals surface area contributed by atoms with E-state index in [2.05, 4.69) is 10.0 Å². The molecule has 0 fully saturated rings. The second-order valence-electron chi connectivity index (χ2n) is 6.22. The third-order valence-corrected chi connectivity index (χ3v) is 4.84. The maximum atomic E-state index is 12.4. The second-order valence-corrected chi connectivity index (χ2v) is 7.36. The number of amides is 1. The molecule has 8 nitrogen and oxygen atoms in total. The summed E-state index contributed by atoms with van der Waals surface area (Å²) in [6.45, 7) is 0. The molecule has 0 bridgehead atoms. The van der Waals surface area contributed by atoms with Crippen LogP contribution in [-0.4, -0.2) is 20.6 Å². The summed E-state index contributed by atoms with van der Waals surface area (Å²) in [5.74, 6) is -1.51. The Morgan fingerprint density at radius 1 is 1.24 bits per heavy atom. The van der Waals surface area contributed by atoms with E-state index in [-0.39, 0.29) is 22.7 Å². The number of hydrogen-bond donors (Lipinski definition) is 4. The van der Waals surface area contributed by atoms with Gasteiger partial charge >= 0.3 is 5.97 Å². The standard InChI is InChI=1S/C19H18ClN3O5S/c20-12-6-3-7-13(10-12)22-17-14(23-29(26)27)8-9-15(16(17)18(21)24)28-19(25)11-4-1-2-5-11/h3-4,6-10,22-23H,1-2,5H2,(H2,21,24)(H,26,27). The topological polar surface area (TPSA) is 131 Å². The van der Waals surface area contributed by atoms with Crippen molar-refractivity contribution in [1.29, 1.82) is 0 Å². The number of allylic oxidation sites excluding steroid dienone is 1. The van der Waals surface area contributed by atoms with Gasteiger partial charge in [0.25, 0.3) is 17.2 Å².